The number of hydrogen-bond donors (Lipinski definition) is 3. The highest BCUT2D eigenvalue weighted by Gasteiger charge is 2.15. The van der Waals surface area contributed by atoms with Gasteiger partial charge in [-0.05, 0) is 44.1 Å². The predicted octanol–water partition coefficient (Wildman–Crippen LogP) is 2.46. The van der Waals surface area contributed by atoms with Gasteiger partial charge < -0.3 is 15.7 Å². The lowest BCUT2D eigenvalue weighted by Gasteiger charge is -2.21. The number of halogens is 1. The molecule has 2 rings (SSSR count). The molecule has 0 aromatic heterocycles. The third-order valence-electron chi connectivity index (χ3n) is 3.22. The van der Waals surface area contributed by atoms with Gasteiger partial charge in [-0.3, -0.25) is 4.79 Å². The van der Waals surface area contributed by atoms with Gasteiger partial charge in [0.2, 0.25) is 5.91 Å². The number of thioether (sulfide) groups is 1. The lowest BCUT2D eigenvalue weighted by atomic mass is 10.2. The Kier molecular flexibility index (Phi) is 5.90. The standard InChI is InChI=1S/C14H17ClN2O3S/c15-12-7-9(1-2-11(12)14(19)20)17-13(18)8-21-10-3-5-16-6-4-10/h1-2,7,10,16H,3-6,8H2,(H,17,18)(H,19,20). The summed E-state index contributed by atoms with van der Waals surface area (Å²) in [7, 11) is 0. The van der Waals surface area contributed by atoms with Crippen molar-refractivity contribution in [2.24, 2.45) is 0 Å². The van der Waals surface area contributed by atoms with Crippen molar-refractivity contribution in [3.8, 4) is 0 Å². The van der Waals surface area contributed by atoms with Crippen LogP contribution in [0, 0.1) is 0 Å². The fraction of sp³-hybridized carbons (Fsp3) is 0.429. The van der Waals surface area contributed by atoms with Crippen molar-refractivity contribution in [3.05, 3.63) is 28.8 Å². The minimum atomic E-state index is -1.08. The van der Waals surface area contributed by atoms with E-state index in [2.05, 4.69) is 10.6 Å². The minimum absolute atomic E-state index is 0.0266. The summed E-state index contributed by atoms with van der Waals surface area (Å²) in [5.41, 5.74) is 0.541. The molecular formula is C14H17ClN2O3S. The Morgan fingerprint density at radius 3 is 2.71 bits per heavy atom. The van der Waals surface area contributed by atoms with E-state index in [0.717, 1.165) is 25.9 Å². The second kappa shape index (κ2) is 7.68. The van der Waals surface area contributed by atoms with E-state index in [1.807, 2.05) is 0 Å². The van der Waals surface area contributed by atoms with E-state index in [1.165, 1.54) is 12.1 Å². The van der Waals surface area contributed by atoms with Crippen molar-refractivity contribution in [1.29, 1.82) is 0 Å². The van der Waals surface area contributed by atoms with Crippen molar-refractivity contribution in [2.75, 3.05) is 24.2 Å². The number of carbonyl (C=O) groups is 2. The zero-order valence-electron chi connectivity index (χ0n) is 11.4. The molecule has 1 aliphatic heterocycles. The molecule has 3 N–H and O–H groups in total. The van der Waals surface area contributed by atoms with E-state index >= 15 is 0 Å². The maximum absolute atomic E-state index is 11.9. The molecule has 0 aliphatic carbocycles. The number of carboxylic acids is 1. The lowest BCUT2D eigenvalue weighted by Crippen LogP contribution is -2.30. The number of piperidine rings is 1. The molecule has 1 aromatic rings. The van der Waals surface area contributed by atoms with Crippen LogP contribution in [-0.4, -0.2) is 41.1 Å². The average Bonchev–Trinajstić information content (AvgIpc) is 2.46. The first-order chi connectivity index (χ1) is 10.1. The van der Waals surface area contributed by atoms with Gasteiger partial charge in [0.1, 0.15) is 0 Å². The maximum atomic E-state index is 11.9. The van der Waals surface area contributed by atoms with Gasteiger partial charge in [0.25, 0.3) is 0 Å². The Labute approximate surface area is 132 Å². The van der Waals surface area contributed by atoms with Crippen LogP contribution in [0.4, 0.5) is 5.69 Å². The van der Waals surface area contributed by atoms with E-state index in [4.69, 9.17) is 16.7 Å². The number of aromatic carboxylic acids is 1. The molecule has 114 valence electrons. The molecule has 1 amide bonds. The van der Waals surface area contributed by atoms with Crippen LogP contribution in [0.1, 0.15) is 23.2 Å². The SMILES string of the molecule is O=C(CSC1CCNCC1)Nc1ccc(C(=O)O)c(Cl)c1. The highest BCUT2D eigenvalue weighted by atomic mass is 35.5. The number of nitrogens with one attached hydrogen (secondary N) is 2. The Bertz CT molecular complexity index is 533. The van der Waals surface area contributed by atoms with Gasteiger partial charge in [-0.15, -0.1) is 11.8 Å². The van der Waals surface area contributed by atoms with Crippen molar-refractivity contribution in [1.82, 2.24) is 5.32 Å². The van der Waals surface area contributed by atoms with Gasteiger partial charge >= 0.3 is 5.97 Å². The van der Waals surface area contributed by atoms with Gasteiger partial charge in [0.05, 0.1) is 16.3 Å². The van der Waals surface area contributed by atoms with Crippen LogP contribution in [0.5, 0.6) is 0 Å². The lowest BCUT2D eigenvalue weighted by molar-refractivity contribution is -0.113. The van der Waals surface area contributed by atoms with Gasteiger partial charge in [0, 0.05) is 10.9 Å². The molecule has 1 aromatic carbocycles. The number of benzene rings is 1. The predicted molar refractivity (Wildman–Crippen MR) is 85.4 cm³/mol. The van der Waals surface area contributed by atoms with E-state index in [1.54, 1.807) is 17.8 Å². The normalized spacial score (nSPS) is 15.7. The van der Waals surface area contributed by atoms with Crippen LogP contribution in [0.2, 0.25) is 5.02 Å². The van der Waals surface area contributed by atoms with Gasteiger partial charge in [-0.25, -0.2) is 4.79 Å². The zero-order chi connectivity index (χ0) is 15.2. The molecule has 1 saturated heterocycles. The Morgan fingerprint density at radius 2 is 2.10 bits per heavy atom. The second-order valence-corrected chi connectivity index (χ2v) is 6.50. The van der Waals surface area contributed by atoms with Crippen molar-refractivity contribution in [2.45, 2.75) is 18.1 Å². The first-order valence-corrected chi connectivity index (χ1v) is 8.14. The Morgan fingerprint density at radius 1 is 1.38 bits per heavy atom. The molecule has 1 fully saturated rings. The van der Waals surface area contributed by atoms with Gasteiger partial charge in [-0.2, -0.15) is 0 Å². The van der Waals surface area contributed by atoms with E-state index in [9.17, 15) is 9.59 Å². The zero-order valence-corrected chi connectivity index (χ0v) is 13.0. The summed E-state index contributed by atoms with van der Waals surface area (Å²) in [6.45, 7) is 2.01. The number of hydrogen-bond acceptors (Lipinski definition) is 4. The third kappa shape index (κ3) is 4.91. The Hall–Kier alpha value is -1.24. The first kappa shape index (κ1) is 16.1. The molecule has 0 radical (unpaired) electrons. The largest absolute Gasteiger partial charge is 0.478 e. The molecular weight excluding hydrogens is 312 g/mol. The van der Waals surface area contributed by atoms with Gasteiger partial charge in [0.15, 0.2) is 0 Å². The molecule has 21 heavy (non-hydrogen) atoms. The van der Waals surface area contributed by atoms with E-state index in [0.29, 0.717) is 16.7 Å². The van der Waals surface area contributed by atoms with Crippen molar-refractivity contribution < 1.29 is 14.7 Å². The van der Waals surface area contributed by atoms with E-state index in [-0.39, 0.29) is 16.5 Å². The average molecular weight is 329 g/mol. The topological polar surface area (TPSA) is 78.4 Å². The molecule has 0 atom stereocenters. The highest BCUT2D eigenvalue weighted by Crippen LogP contribution is 2.23. The molecule has 0 unspecified atom stereocenters. The fourth-order valence-corrected chi connectivity index (χ4v) is 3.41. The molecule has 0 saturated carbocycles. The summed E-state index contributed by atoms with van der Waals surface area (Å²) >= 11 is 7.52. The van der Waals surface area contributed by atoms with E-state index < -0.39 is 5.97 Å². The maximum Gasteiger partial charge on any atom is 0.337 e. The minimum Gasteiger partial charge on any atom is -0.478 e. The van der Waals surface area contributed by atoms with Crippen LogP contribution in [0.15, 0.2) is 18.2 Å². The Balaban J connectivity index is 1.84. The summed E-state index contributed by atoms with van der Waals surface area (Å²) in [4.78, 5) is 22.7. The molecule has 5 nitrogen and oxygen atoms in total. The van der Waals surface area contributed by atoms with Crippen LogP contribution >= 0.6 is 23.4 Å². The summed E-state index contributed by atoms with van der Waals surface area (Å²) in [6, 6.07) is 4.39. The summed E-state index contributed by atoms with van der Waals surface area (Å²) in [6.07, 6.45) is 2.16. The summed E-state index contributed by atoms with van der Waals surface area (Å²) < 4.78 is 0. The first-order valence-electron chi connectivity index (χ1n) is 6.71. The number of rotatable bonds is 5. The number of carbonyl (C=O) groups excluding carboxylic acids is 1. The van der Waals surface area contributed by atoms with Crippen LogP contribution < -0.4 is 10.6 Å². The quantitative estimate of drug-likeness (QED) is 0.774. The van der Waals surface area contributed by atoms with Crippen molar-refractivity contribution >= 4 is 40.9 Å². The number of amides is 1. The highest BCUT2D eigenvalue weighted by molar-refractivity contribution is 8.00. The molecule has 0 bridgehead atoms. The third-order valence-corrected chi connectivity index (χ3v) is 4.90. The second-order valence-electron chi connectivity index (χ2n) is 4.81. The smallest absolute Gasteiger partial charge is 0.337 e. The molecule has 7 heteroatoms. The van der Waals surface area contributed by atoms with Gasteiger partial charge in [-0.1, -0.05) is 11.6 Å². The number of carboxylic acid groups (broad SMARTS) is 1. The molecule has 1 heterocycles. The van der Waals surface area contributed by atoms with Crippen LogP contribution in [0.25, 0.3) is 0 Å². The summed E-state index contributed by atoms with van der Waals surface area (Å²) in [5, 5.41) is 15.5. The number of anilines is 1. The van der Waals surface area contributed by atoms with Crippen molar-refractivity contribution in [3.63, 3.8) is 0 Å². The monoisotopic (exact) mass is 328 g/mol. The molecule has 0 spiro atoms. The van der Waals surface area contributed by atoms with Crippen LogP contribution in [-0.2, 0) is 4.79 Å². The van der Waals surface area contributed by atoms with Crippen LogP contribution in [0.3, 0.4) is 0 Å². The molecule has 1 aliphatic rings. The summed E-state index contributed by atoms with van der Waals surface area (Å²) in [5.74, 6) is -0.791. The fourth-order valence-electron chi connectivity index (χ4n) is 2.12.